The van der Waals surface area contributed by atoms with Crippen molar-refractivity contribution in [2.24, 2.45) is 11.8 Å². The summed E-state index contributed by atoms with van der Waals surface area (Å²) in [6.07, 6.45) is 5.86. The Hall–Kier alpha value is -0.260. The number of hydrogen-bond acceptors (Lipinski definition) is 0. The zero-order valence-electron chi connectivity index (χ0n) is 5.02. The zero-order valence-corrected chi connectivity index (χ0v) is 5.02. The van der Waals surface area contributed by atoms with Crippen LogP contribution in [0.3, 0.4) is 0 Å². The molecule has 0 saturated heterocycles. The summed E-state index contributed by atoms with van der Waals surface area (Å²) < 4.78 is 0. The molecule has 0 aromatic heterocycles. The van der Waals surface area contributed by atoms with Gasteiger partial charge in [0.1, 0.15) is 0 Å². The second-order valence-corrected chi connectivity index (χ2v) is 2.40. The number of allylic oxidation sites excluding steroid dienone is 2. The van der Waals surface area contributed by atoms with Crippen LogP contribution in [0.1, 0.15) is 20.3 Å². The second-order valence-electron chi connectivity index (χ2n) is 2.40. The molecule has 0 amide bonds. The minimum Gasteiger partial charge on any atom is -0.0914 e. The highest BCUT2D eigenvalue weighted by Crippen LogP contribution is 2.38. The summed E-state index contributed by atoms with van der Waals surface area (Å²) >= 11 is 0. The summed E-state index contributed by atoms with van der Waals surface area (Å²) in [6.45, 7) is 4.38. The van der Waals surface area contributed by atoms with Gasteiger partial charge in [0, 0.05) is 0 Å². The molecule has 0 N–H and O–H groups in total. The molecule has 1 aliphatic carbocycles. The highest BCUT2D eigenvalue weighted by Gasteiger charge is 2.28. The second kappa shape index (κ2) is 1.69. The first-order chi connectivity index (χ1) is 3.34. The van der Waals surface area contributed by atoms with E-state index in [0.29, 0.717) is 0 Å². The van der Waals surface area contributed by atoms with Gasteiger partial charge in [0.2, 0.25) is 0 Å². The maximum absolute atomic E-state index is 2.30. The van der Waals surface area contributed by atoms with Crippen molar-refractivity contribution >= 4 is 0 Å². The monoisotopic (exact) mass is 96.1 g/mol. The SMILES string of the molecule is C/C=C\C1CC1C. The average molecular weight is 96.2 g/mol. The molecule has 1 aliphatic rings. The fourth-order valence-corrected chi connectivity index (χ4v) is 0.866. The molecule has 0 spiro atoms. The van der Waals surface area contributed by atoms with Gasteiger partial charge in [-0.25, -0.2) is 0 Å². The molecule has 1 fully saturated rings. The van der Waals surface area contributed by atoms with Gasteiger partial charge in [-0.2, -0.15) is 0 Å². The van der Waals surface area contributed by atoms with Crippen molar-refractivity contribution in [3.63, 3.8) is 0 Å². The lowest BCUT2D eigenvalue weighted by atomic mass is 10.3. The van der Waals surface area contributed by atoms with E-state index in [1.807, 2.05) is 0 Å². The van der Waals surface area contributed by atoms with Gasteiger partial charge in [-0.15, -0.1) is 0 Å². The van der Waals surface area contributed by atoms with Gasteiger partial charge in [-0.1, -0.05) is 19.1 Å². The van der Waals surface area contributed by atoms with E-state index in [1.54, 1.807) is 0 Å². The maximum Gasteiger partial charge on any atom is -0.0205 e. The first-order valence-corrected chi connectivity index (χ1v) is 2.97. The van der Waals surface area contributed by atoms with Gasteiger partial charge >= 0.3 is 0 Å². The molecule has 0 radical (unpaired) electrons. The third-order valence-corrected chi connectivity index (χ3v) is 1.61. The van der Waals surface area contributed by atoms with Crippen LogP contribution in [0.4, 0.5) is 0 Å². The standard InChI is InChI=1S/C7H12/c1-3-4-7-5-6(7)2/h3-4,6-7H,5H2,1-2H3/b4-3-. The molecule has 40 valence electrons. The van der Waals surface area contributed by atoms with Crippen LogP contribution in [0.15, 0.2) is 12.2 Å². The van der Waals surface area contributed by atoms with Crippen LogP contribution in [0, 0.1) is 11.8 Å². The molecule has 1 saturated carbocycles. The van der Waals surface area contributed by atoms with Crippen molar-refractivity contribution in [1.82, 2.24) is 0 Å². The first kappa shape index (κ1) is 4.89. The molecule has 0 aromatic rings. The van der Waals surface area contributed by atoms with E-state index in [1.165, 1.54) is 6.42 Å². The topological polar surface area (TPSA) is 0 Å². The summed E-state index contributed by atoms with van der Waals surface area (Å²) in [7, 11) is 0. The van der Waals surface area contributed by atoms with Crippen LogP contribution in [0.5, 0.6) is 0 Å². The lowest BCUT2D eigenvalue weighted by molar-refractivity contribution is 0.898. The van der Waals surface area contributed by atoms with E-state index < -0.39 is 0 Å². The number of hydrogen-bond donors (Lipinski definition) is 0. The Morgan fingerprint density at radius 1 is 1.57 bits per heavy atom. The smallest absolute Gasteiger partial charge is 0.0205 e. The molecule has 0 bridgehead atoms. The predicted octanol–water partition coefficient (Wildman–Crippen LogP) is 2.22. The highest BCUT2D eigenvalue weighted by molar-refractivity contribution is 4.98. The van der Waals surface area contributed by atoms with Crippen molar-refractivity contribution in [3.8, 4) is 0 Å². The maximum atomic E-state index is 2.30. The van der Waals surface area contributed by atoms with Crippen LogP contribution in [0.25, 0.3) is 0 Å². The van der Waals surface area contributed by atoms with Gasteiger partial charge < -0.3 is 0 Å². The number of rotatable bonds is 1. The predicted molar refractivity (Wildman–Crippen MR) is 32.1 cm³/mol. The molecule has 7 heavy (non-hydrogen) atoms. The van der Waals surface area contributed by atoms with E-state index in [4.69, 9.17) is 0 Å². The molecule has 0 aromatic carbocycles. The quantitative estimate of drug-likeness (QED) is 0.439. The molecule has 0 heterocycles. The van der Waals surface area contributed by atoms with Crippen LogP contribution in [-0.2, 0) is 0 Å². The first-order valence-electron chi connectivity index (χ1n) is 2.97. The van der Waals surface area contributed by atoms with Crippen molar-refractivity contribution in [2.45, 2.75) is 20.3 Å². The Bertz CT molecular complexity index is 82.0. The molecule has 2 unspecified atom stereocenters. The van der Waals surface area contributed by atoms with Crippen molar-refractivity contribution in [2.75, 3.05) is 0 Å². The summed E-state index contributed by atoms with van der Waals surface area (Å²) in [5, 5.41) is 0. The summed E-state index contributed by atoms with van der Waals surface area (Å²) in [5.41, 5.74) is 0. The van der Waals surface area contributed by atoms with Crippen molar-refractivity contribution in [1.29, 1.82) is 0 Å². The summed E-state index contributed by atoms with van der Waals surface area (Å²) in [5.74, 6) is 1.92. The molecule has 1 rings (SSSR count). The average Bonchev–Trinajstić information content (AvgIpc) is 2.22. The summed E-state index contributed by atoms with van der Waals surface area (Å²) in [6, 6.07) is 0. The van der Waals surface area contributed by atoms with E-state index in [2.05, 4.69) is 26.0 Å². The Balaban J connectivity index is 2.21. The Kier molecular flexibility index (Phi) is 1.18. The van der Waals surface area contributed by atoms with Gasteiger partial charge in [0.15, 0.2) is 0 Å². The molecule has 0 aliphatic heterocycles. The van der Waals surface area contributed by atoms with E-state index in [-0.39, 0.29) is 0 Å². The van der Waals surface area contributed by atoms with Crippen LogP contribution in [-0.4, -0.2) is 0 Å². The minimum absolute atomic E-state index is 0.935. The van der Waals surface area contributed by atoms with Crippen LogP contribution < -0.4 is 0 Å². The van der Waals surface area contributed by atoms with Crippen molar-refractivity contribution in [3.05, 3.63) is 12.2 Å². The van der Waals surface area contributed by atoms with Gasteiger partial charge in [0.05, 0.1) is 0 Å². The fraction of sp³-hybridized carbons (Fsp3) is 0.714. The van der Waals surface area contributed by atoms with Gasteiger partial charge in [-0.3, -0.25) is 0 Å². The van der Waals surface area contributed by atoms with Gasteiger partial charge in [0.25, 0.3) is 0 Å². The molecule has 2 atom stereocenters. The molecule has 0 heteroatoms. The largest absolute Gasteiger partial charge is 0.0914 e. The van der Waals surface area contributed by atoms with Crippen molar-refractivity contribution < 1.29 is 0 Å². The minimum atomic E-state index is 0.935. The Morgan fingerprint density at radius 3 is 2.29 bits per heavy atom. The molecular weight excluding hydrogens is 84.1 g/mol. The van der Waals surface area contributed by atoms with Crippen LogP contribution >= 0.6 is 0 Å². The Morgan fingerprint density at radius 2 is 2.14 bits per heavy atom. The Labute approximate surface area is 45.2 Å². The zero-order chi connectivity index (χ0) is 5.28. The van der Waals surface area contributed by atoms with E-state index >= 15 is 0 Å². The lowest BCUT2D eigenvalue weighted by Gasteiger charge is -1.75. The fourth-order valence-electron chi connectivity index (χ4n) is 0.866. The third kappa shape index (κ3) is 1.05. The summed E-state index contributed by atoms with van der Waals surface area (Å²) in [4.78, 5) is 0. The molecular formula is C7H12. The van der Waals surface area contributed by atoms with E-state index in [9.17, 15) is 0 Å². The normalized spacial score (nSPS) is 39.7. The molecule has 0 nitrogen and oxygen atoms in total. The van der Waals surface area contributed by atoms with E-state index in [0.717, 1.165) is 11.8 Å². The lowest BCUT2D eigenvalue weighted by Crippen LogP contribution is -1.64. The van der Waals surface area contributed by atoms with Gasteiger partial charge in [-0.05, 0) is 25.2 Å². The highest BCUT2D eigenvalue weighted by atomic mass is 14.3. The van der Waals surface area contributed by atoms with Crippen LogP contribution in [0.2, 0.25) is 0 Å². The third-order valence-electron chi connectivity index (χ3n) is 1.61.